The van der Waals surface area contributed by atoms with E-state index in [0.717, 1.165) is 48.7 Å². The van der Waals surface area contributed by atoms with Crippen LogP contribution < -0.4 is 5.32 Å². The Morgan fingerprint density at radius 2 is 2.00 bits per heavy atom. The summed E-state index contributed by atoms with van der Waals surface area (Å²) in [6.07, 6.45) is 3.82. The average Bonchev–Trinajstić information content (AvgIpc) is 3.31. The number of carbonyl (C=O) groups is 1. The van der Waals surface area contributed by atoms with Crippen molar-refractivity contribution in [2.24, 2.45) is 18.9 Å². The largest absolute Gasteiger partial charge is 0.444 e. The number of ether oxygens (including phenoxy) is 1. The normalized spacial score (nSPS) is 23.9. The number of anilines is 1. The van der Waals surface area contributed by atoms with Crippen LogP contribution in [0.5, 0.6) is 0 Å². The first-order valence-electron chi connectivity index (χ1n) is 10.3. The molecule has 0 aromatic carbocycles. The number of nitrogens with zero attached hydrogens (tertiary/aromatic N) is 5. The number of aromatic nitrogens is 4. The maximum absolute atomic E-state index is 12.4. The van der Waals surface area contributed by atoms with Crippen molar-refractivity contribution >= 4 is 11.9 Å². The maximum atomic E-state index is 12.4. The van der Waals surface area contributed by atoms with Gasteiger partial charge in [-0.05, 0) is 64.2 Å². The molecule has 29 heavy (non-hydrogen) atoms. The highest BCUT2D eigenvalue weighted by atomic mass is 16.6. The fourth-order valence-corrected chi connectivity index (χ4v) is 4.56. The lowest BCUT2D eigenvalue weighted by Gasteiger charge is -2.26. The van der Waals surface area contributed by atoms with E-state index in [1.54, 1.807) is 0 Å². The van der Waals surface area contributed by atoms with Gasteiger partial charge in [-0.2, -0.15) is 5.10 Å². The van der Waals surface area contributed by atoms with Gasteiger partial charge >= 0.3 is 6.09 Å². The van der Waals surface area contributed by atoms with Crippen LogP contribution in [-0.2, 0) is 11.8 Å². The Kier molecular flexibility index (Phi) is 4.96. The van der Waals surface area contributed by atoms with Gasteiger partial charge in [-0.15, -0.1) is 10.2 Å². The van der Waals surface area contributed by atoms with Crippen molar-refractivity contribution in [3.8, 4) is 11.4 Å². The van der Waals surface area contributed by atoms with Crippen LogP contribution in [0.3, 0.4) is 0 Å². The summed E-state index contributed by atoms with van der Waals surface area (Å²) < 4.78 is 7.36. The first kappa shape index (κ1) is 19.7. The lowest BCUT2D eigenvalue weighted by Crippen LogP contribution is -2.37. The van der Waals surface area contributed by atoms with Gasteiger partial charge in [0, 0.05) is 32.1 Å². The zero-order valence-corrected chi connectivity index (χ0v) is 17.8. The maximum Gasteiger partial charge on any atom is 0.410 e. The van der Waals surface area contributed by atoms with Crippen molar-refractivity contribution in [3.05, 3.63) is 23.9 Å². The van der Waals surface area contributed by atoms with E-state index in [-0.39, 0.29) is 6.09 Å². The Hall–Kier alpha value is -2.64. The molecule has 0 radical (unpaired) electrons. The molecule has 4 rings (SSSR count). The highest BCUT2D eigenvalue weighted by Crippen LogP contribution is 2.39. The summed E-state index contributed by atoms with van der Waals surface area (Å²) in [6, 6.07) is 4.25. The number of hydrogen-bond donors (Lipinski definition) is 1. The van der Waals surface area contributed by atoms with Crippen LogP contribution in [0.2, 0.25) is 0 Å². The molecular formula is C21H30N6O2. The van der Waals surface area contributed by atoms with Crippen LogP contribution in [0.1, 0.15) is 39.2 Å². The van der Waals surface area contributed by atoms with Crippen LogP contribution in [-0.4, -0.2) is 55.7 Å². The number of rotatable bonds is 3. The minimum Gasteiger partial charge on any atom is -0.444 e. The summed E-state index contributed by atoms with van der Waals surface area (Å²) in [5.41, 5.74) is 2.41. The second-order valence-corrected chi connectivity index (χ2v) is 9.24. The van der Waals surface area contributed by atoms with E-state index in [2.05, 4.69) is 20.6 Å². The van der Waals surface area contributed by atoms with Crippen molar-refractivity contribution in [3.63, 3.8) is 0 Å². The van der Waals surface area contributed by atoms with Gasteiger partial charge in [-0.25, -0.2) is 4.79 Å². The van der Waals surface area contributed by atoms with E-state index >= 15 is 0 Å². The lowest BCUT2D eigenvalue weighted by atomic mass is 9.98. The number of amides is 1. The van der Waals surface area contributed by atoms with Gasteiger partial charge in [0.1, 0.15) is 17.1 Å². The molecule has 156 valence electrons. The second kappa shape index (κ2) is 7.31. The summed E-state index contributed by atoms with van der Waals surface area (Å²) in [5, 5.41) is 16.6. The van der Waals surface area contributed by atoms with E-state index in [4.69, 9.17) is 4.74 Å². The van der Waals surface area contributed by atoms with E-state index in [0.29, 0.717) is 17.9 Å². The summed E-state index contributed by atoms with van der Waals surface area (Å²) >= 11 is 0. The molecule has 2 fully saturated rings. The minimum atomic E-state index is -0.462. The van der Waals surface area contributed by atoms with Crippen molar-refractivity contribution in [1.82, 2.24) is 24.9 Å². The van der Waals surface area contributed by atoms with Crippen molar-refractivity contribution in [1.29, 1.82) is 0 Å². The molecule has 0 spiro atoms. The third-order valence-electron chi connectivity index (χ3n) is 5.87. The Morgan fingerprint density at radius 1 is 1.21 bits per heavy atom. The van der Waals surface area contributed by atoms with Crippen molar-refractivity contribution in [2.75, 3.05) is 18.4 Å². The van der Waals surface area contributed by atoms with Gasteiger partial charge in [-0.3, -0.25) is 4.68 Å². The van der Waals surface area contributed by atoms with Crippen molar-refractivity contribution in [2.45, 2.75) is 52.2 Å². The SMILES string of the molecule is Cc1cnn(C)c1-c1ccc(NC2CCC3CN(C(=O)OC(C)(C)C)CC32)nn1. The van der Waals surface area contributed by atoms with Crippen LogP contribution >= 0.6 is 0 Å². The van der Waals surface area contributed by atoms with Gasteiger partial charge in [0.15, 0.2) is 0 Å². The average molecular weight is 399 g/mol. The molecule has 1 N–H and O–H groups in total. The summed E-state index contributed by atoms with van der Waals surface area (Å²) in [6.45, 7) is 9.24. The molecule has 1 amide bonds. The van der Waals surface area contributed by atoms with Crippen LogP contribution in [0, 0.1) is 18.8 Å². The molecule has 1 saturated heterocycles. The first-order chi connectivity index (χ1) is 13.7. The third kappa shape index (κ3) is 4.06. The van der Waals surface area contributed by atoms with Gasteiger partial charge in [0.05, 0.1) is 11.9 Å². The fraction of sp³-hybridized carbons (Fsp3) is 0.619. The first-order valence-corrected chi connectivity index (χ1v) is 10.3. The summed E-state index contributed by atoms with van der Waals surface area (Å²) in [5.74, 6) is 1.71. The van der Waals surface area contributed by atoms with Gasteiger partial charge in [0.25, 0.3) is 0 Å². The summed E-state index contributed by atoms with van der Waals surface area (Å²) in [4.78, 5) is 14.3. The molecule has 2 aromatic rings. The van der Waals surface area contributed by atoms with Gasteiger partial charge in [-0.1, -0.05) is 0 Å². The van der Waals surface area contributed by atoms with E-state index in [1.807, 2.05) is 62.7 Å². The Balaban J connectivity index is 1.40. The summed E-state index contributed by atoms with van der Waals surface area (Å²) in [7, 11) is 1.91. The molecule has 0 bridgehead atoms. The molecule has 3 atom stereocenters. The predicted molar refractivity (Wildman–Crippen MR) is 110 cm³/mol. The molecule has 2 aromatic heterocycles. The molecule has 1 saturated carbocycles. The third-order valence-corrected chi connectivity index (χ3v) is 5.87. The van der Waals surface area contributed by atoms with Gasteiger partial charge < -0.3 is 15.0 Å². The van der Waals surface area contributed by atoms with E-state index in [9.17, 15) is 4.79 Å². The number of fused-ring (bicyclic) bond motifs is 1. The van der Waals surface area contributed by atoms with E-state index < -0.39 is 5.60 Å². The fourth-order valence-electron chi connectivity index (χ4n) is 4.56. The topological polar surface area (TPSA) is 85.2 Å². The Bertz CT molecular complexity index is 866. The number of nitrogens with one attached hydrogen (secondary N) is 1. The standard InChI is InChI=1S/C21H30N6O2/c1-13-10-22-26(5)19(13)17-8-9-18(25-24-17)23-16-7-6-14-11-27(12-15(14)16)20(28)29-21(2,3)4/h8-10,14-16H,6-7,11-12H2,1-5H3,(H,23,25). The number of carbonyl (C=O) groups excluding carboxylic acids is 1. The number of hydrogen-bond acceptors (Lipinski definition) is 6. The molecule has 1 aliphatic heterocycles. The second-order valence-electron chi connectivity index (χ2n) is 9.24. The molecule has 3 heterocycles. The Labute approximate surface area is 171 Å². The molecule has 8 nitrogen and oxygen atoms in total. The van der Waals surface area contributed by atoms with Crippen molar-refractivity contribution < 1.29 is 9.53 Å². The zero-order chi connectivity index (χ0) is 20.8. The van der Waals surface area contributed by atoms with Crippen LogP contribution in [0.4, 0.5) is 10.6 Å². The molecule has 8 heteroatoms. The minimum absolute atomic E-state index is 0.207. The molecule has 3 unspecified atom stereocenters. The highest BCUT2D eigenvalue weighted by Gasteiger charge is 2.45. The van der Waals surface area contributed by atoms with Gasteiger partial charge in [0.2, 0.25) is 0 Å². The molecule has 2 aliphatic rings. The molecule has 1 aliphatic carbocycles. The zero-order valence-electron chi connectivity index (χ0n) is 17.8. The Morgan fingerprint density at radius 3 is 2.62 bits per heavy atom. The van der Waals surface area contributed by atoms with Crippen LogP contribution in [0.25, 0.3) is 11.4 Å². The van der Waals surface area contributed by atoms with E-state index in [1.165, 1.54) is 0 Å². The smallest absolute Gasteiger partial charge is 0.410 e. The monoisotopic (exact) mass is 398 g/mol. The number of likely N-dealkylation sites (tertiary alicyclic amines) is 1. The lowest BCUT2D eigenvalue weighted by molar-refractivity contribution is 0.0280. The van der Waals surface area contributed by atoms with Crippen LogP contribution in [0.15, 0.2) is 18.3 Å². The highest BCUT2D eigenvalue weighted by molar-refractivity contribution is 5.68. The quantitative estimate of drug-likeness (QED) is 0.854. The predicted octanol–water partition coefficient (Wildman–Crippen LogP) is 3.24. The molecular weight excluding hydrogens is 368 g/mol. The number of aryl methyl sites for hydroxylation is 2.